The highest BCUT2D eigenvalue weighted by molar-refractivity contribution is 7.99. The zero-order valence-corrected chi connectivity index (χ0v) is 8.68. The summed E-state index contributed by atoms with van der Waals surface area (Å²) in [5, 5.41) is 1.21. The fourth-order valence-corrected chi connectivity index (χ4v) is 3.06. The van der Waals surface area contributed by atoms with Crippen molar-refractivity contribution < 1.29 is 0 Å². The van der Waals surface area contributed by atoms with Gasteiger partial charge >= 0.3 is 0 Å². The van der Waals surface area contributed by atoms with Crippen LogP contribution in [0.5, 0.6) is 0 Å². The SMILES string of the molecule is Nc1ccc2c3c1ccn3CCCS2. The first-order valence-electron chi connectivity index (χ1n) is 4.86. The van der Waals surface area contributed by atoms with E-state index in [1.165, 1.54) is 28.0 Å². The maximum atomic E-state index is 5.95. The fraction of sp³-hybridized carbons (Fsp3) is 0.273. The highest BCUT2D eigenvalue weighted by Crippen LogP contribution is 2.34. The monoisotopic (exact) mass is 204 g/mol. The zero-order valence-electron chi connectivity index (χ0n) is 7.86. The Morgan fingerprint density at radius 2 is 2.21 bits per heavy atom. The molecule has 0 saturated heterocycles. The highest BCUT2D eigenvalue weighted by Gasteiger charge is 2.12. The van der Waals surface area contributed by atoms with Crippen molar-refractivity contribution in [3.63, 3.8) is 0 Å². The average molecular weight is 204 g/mol. The van der Waals surface area contributed by atoms with E-state index in [0.717, 1.165) is 12.2 Å². The molecule has 3 rings (SSSR count). The molecular weight excluding hydrogens is 192 g/mol. The lowest BCUT2D eigenvalue weighted by atomic mass is 10.2. The van der Waals surface area contributed by atoms with Crippen LogP contribution in [0.4, 0.5) is 5.69 Å². The minimum atomic E-state index is 0.894. The molecule has 0 fully saturated rings. The number of benzene rings is 1. The summed E-state index contributed by atoms with van der Waals surface area (Å²) < 4.78 is 2.32. The normalized spacial score (nSPS) is 15.7. The summed E-state index contributed by atoms with van der Waals surface area (Å²) in [6.07, 6.45) is 3.39. The molecule has 2 N–H and O–H groups in total. The zero-order chi connectivity index (χ0) is 9.54. The van der Waals surface area contributed by atoms with Gasteiger partial charge in [-0.1, -0.05) is 0 Å². The number of nitrogen functional groups attached to an aromatic ring is 1. The Kier molecular flexibility index (Phi) is 1.74. The number of thioether (sulfide) groups is 1. The van der Waals surface area contributed by atoms with Crippen molar-refractivity contribution in [1.29, 1.82) is 0 Å². The maximum Gasteiger partial charge on any atom is 0.0639 e. The Balaban J connectivity index is 2.41. The first-order valence-corrected chi connectivity index (χ1v) is 5.85. The molecule has 0 unspecified atom stereocenters. The Morgan fingerprint density at radius 3 is 3.14 bits per heavy atom. The van der Waals surface area contributed by atoms with E-state index in [9.17, 15) is 0 Å². The van der Waals surface area contributed by atoms with Crippen LogP contribution in [0.25, 0.3) is 10.9 Å². The standard InChI is InChI=1S/C11H12N2S/c12-9-2-3-10-11-8(9)4-6-13(11)5-1-7-14-10/h2-4,6H,1,5,7,12H2. The molecular formula is C11H12N2S. The van der Waals surface area contributed by atoms with Crippen molar-refractivity contribution in [2.24, 2.45) is 0 Å². The van der Waals surface area contributed by atoms with Crippen LogP contribution in [0, 0.1) is 0 Å². The molecule has 1 aliphatic rings. The Morgan fingerprint density at radius 1 is 1.29 bits per heavy atom. The number of hydrogen-bond donors (Lipinski definition) is 1. The molecule has 72 valence electrons. The van der Waals surface area contributed by atoms with Crippen LogP contribution in [-0.4, -0.2) is 10.3 Å². The predicted octanol–water partition coefficient (Wildman–Crippen LogP) is 2.72. The van der Waals surface area contributed by atoms with Gasteiger partial charge in [-0.25, -0.2) is 0 Å². The molecule has 0 radical (unpaired) electrons. The first kappa shape index (κ1) is 8.24. The average Bonchev–Trinajstić information content (AvgIpc) is 2.51. The highest BCUT2D eigenvalue weighted by atomic mass is 32.2. The van der Waals surface area contributed by atoms with Gasteiger partial charge in [0.25, 0.3) is 0 Å². The van der Waals surface area contributed by atoms with Gasteiger partial charge in [-0.3, -0.25) is 0 Å². The van der Waals surface area contributed by atoms with Gasteiger partial charge in [0.1, 0.15) is 0 Å². The second kappa shape index (κ2) is 2.95. The van der Waals surface area contributed by atoms with E-state index in [2.05, 4.69) is 22.9 Å². The number of nitrogens with two attached hydrogens (primary N) is 1. The molecule has 2 nitrogen and oxygen atoms in total. The Hall–Kier alpha value is -1.09. The molecule has 2 heterocycles. The summed E-state index contributed by atoms with van der Waals surface area (Å²) in [4.78, 5) is 1.37. The summed E-state index contributed by atoms with van der Waals surface area (Å²) in [5.41, 5.74) is 8.17. The van der Waals surface area contributed by atoms with Crippen LogP contribution in [0.3, 0.4) is 0 Å². The number of aromatic nitrogens is 1. The lowest BCUT2D eigenvalue weighted by Crippen LogP contribution is -1.94. The van der Waals surface area contributed by atoms with E-state index in [1.54, 1.807) is 0 Å². The molecule has 0 aliphatic carbocycles. The first-order chi connectivity index (χ1) is 6.86. The second-order valence-electron chi connectivity index (χ2n) is 3.63. The molecule has 0 spiro atoms. The van der Waals surface area contributed by atoms with Crippen LogP contribution in [0.15, 0.2) is 29.3 Å². The van der Waals surface area contributed by atoms with Crippen LogP contribution < -0.4 is 5.73 Å². The van der Waals surface area contributed by atoms with E-state index in [0.29, 0.717) is 0 Å². The lowest BCUT2D eigenvalue weighted by molar-refractivity contribution is 0.711. The van der Waals surface area contributed by atoms with Crippen LogP contribution in [0.1, 0.15) is 6.42 Å². The third kappa shape index (κ3) is 1.05. The smallest absolute Gasteiger partial charge is 0.0639 e. The van der Waals surface area contributed by atoms with Gasteiger partial charge in [0.15, 0.2) is 0 Å². The summed E-state index contributed by atoms with van der Waals surface area (Å²) in [6, 6.07) is 6.28. The summed E-state index contributed by atoms with van der Waals surface area (Å²) in [7, 11) is 0. The van der Waals surface area contributed by atoms with Gasteiger partial charge in [0.2, 0.25) is 0 Å². The van der Waals surface area contributed by atoms with E-state index in [1.807, 2.05) is 17.8 Å². The van der Waals surface area contributed by atoms with Crippen molar-refractivity contribution >= 4 is 28.4 Å². The van der Waals surface area contributed by atoms with Gasteiger partial charge in [-0.05, 0) is 30.4 Å². The van der Waals surface area contributed by atoms with Gasteiger partial charge in [0.05, 0.1) is 5.52 Å². The minimum Gasteiger partial charge on any atom is -0.398 e. The van der Waals surface area contributed by atoms with Crippen LogP contribution in [0.2, 0.25) is 0 Å². The van der Waals surface area contributed by atoms with Crippen molar-refractivity contribution in [3.05, 3.63) is 24.4 Å². The molecule has 1 aliphatic heterocycles. The molecule has 14 heavy (non-hydrogen) atoms. The number of aryl methyl sites for hydroxylation is 1. The van der Waals surface area contributed by atoms with E-state index < -0.39 is 0 Å². The maximum absolute atomic E-state index is 5.95. The third-order valence-corrected chi connectivity index (χ3v) is 3.86. The Labute approximate surface area is 87.1 Å². The van der Waals surface area contributed by atoms with Crippen molar-refractivity contribution in [2.45, 2.75) is 17.9 Å². The number of anilines is 1. The molecule has 2 aromatic rings. The number of rotatable bonds is 0. The predicted molar refractivity (Wildman–Crippen MR) is 61.7 cm³/mol. The summed E-state index contributed by atoms with van der Waals surface area (Å²) >= 11 is 1.94. The summed E-state index contributed by atoms with van der Waals surface area (Å²) in [5.74, 6) is 1.21. The molecule has 1 aromatic heterocycles. The minimum absolute atomic E-state index is 0.894. The number of nitrogens with zero attached hydrogens (tertiary/aromatic N) is 1. The largest absolute Gasteiger partial charge is 0.398 e. The van der Waals surface area contributed by atoms with Gasteiger partial charge in [-0.2, -0.15) is 0 Å². The van der Waals surface area contributed by atoms with Crippen molar-refractivity contribution in [1.82, 2.24) is 4.57 Å². The van der Waals surface area contributed by atoms with Gasteiger partial charge in [0, 0.05) is 28.7 Å². The topological polar surface area (TPSA) is 30.9 Å². The molecule has 0 amide bonds. The van der Waals surface area contributed by atoms with E-state index >= 15 is 0 Å². The quantitative estimate of drug-likeness (QED) is 0.669. The molecule has 0 bridgehead atoms. The molecule has 0 saturated carbocycles. The number of hydrogen-bond acceptors (Lipinski definition) is 2. The van der Waals surface area contributed by atoms with Crippen LogP contribution >= 0.6 is 11.8 Å². The molecule has 0 atom stereocenters. The molecule has 1 aromatic carbocycles. The fourth-order valence-electron chi connectivity index (χ4n) is 2.03. The lowest BCUT2D eigenvalue weighted by Gasteiger charge is -2.04. The van der Waals surface area contributed by atoms with E-state index in [-0.39, 0.29) is 0 Å². The van der Waals surface area contributed by atoms with Gasteiger partial charge < -0.3 is 10.3 Å². The molecule has 3 heteroatoms. The van der Waals surface area contributed by atoms with Gasteiger partial charge in [-0.15, -0.1) is 11.8 Å². The van der Waals surface area contributed by atoms with Crippen molar-refractivity contribution in [2.75, 3.05) is 11.5 Å². The van der Waals surface area contributed by atoms with Crippen molar-refractivity contribution in [3.8, 4) is 0 Å². The second-order valence-corrected chi connectivity index (χ2v) is 4.76. The summed E-state index contributed by atoms with van der Waals surface area (Å²) in [6.45, 7) is 1.12. The third-order valence-electron chi connectivity index (χ3n) is 2.72. The van der Waals surface area contributed by atoms with Crippen LogP contribution in [-0.2, 0) is 6.54 Å². The van der Waals surface area contributed by atoms with E-state index in [4.69, 9.17) is 5.73 Å². The Bertz CT molecular complexity index is 487.